The van der Waals surface area contributed by atoms with Crippen molar-refractivity contribution in [2.45, 2.75) is 19.8 Å². The number of pyridine rings is 1. The SMILES string of the molecule is CCOC(=O)c1c(OC)c2c(n(C)c1=O)=CC(Cc1ccc(F)cc1C=O)=CCC=2. The average Bonchev–Trinajstić information content (AvgIpc) is 2.94. The molecule has 1 aromatic carbocycles. The van der Waals surface area contributed by atoms with Gasteiger partial charge in [0.2, 0.25) is 0 Å². The first-order valence-electron chi connectivity index (χ1n) is 9.49. The first-order valence-corrected chi connectivity index (χ1v) is 9.49. The minimum Gasteiger partial charge on any atom is -0.495 e. The summed E-state index contributed by atoms with van der Waals surface area (Å²) in [5.74, 6) is -1.03. The molecule has 0 N–H and O–H groups in total. The number of carbonyl (C=O) groups excluding carboxylic acids is 2. The van der Waals surface area contributed by atoms with Gasteiger partial charge in [0, 0.05) is 17.8 Å². The van der Waals surface area contributed by atoms with E-state index in [1.54, 1.807) is 20.0 Å². The van der Waals surface area contributed by atoms with E-state index >= 15 is 0 Å². The normalized spacial score (nSPS) is 12.6. The molecule has 0 spiro atoms. The molecular weight excluding hydrogens is 389 g/mol. The van der Waals surface area contributed by atoms with Gasteiger partial charge in [-0.2, -0.15) is 0 Å². The first-order chi connectivity index (χ1) is 14.4. The summed E-state index contributed by atoms with van der Waals surface area (Å²) in [7, 11) is 2.98. The molecule has 0 saturated carbocycles. The van der Waals surface area contributed by atoms with Gasteiger partial charge in [0.05, 0.1) is 19.1 Å². The minimum atomic E-state index is -0.731. The van der Waals surface area contributed by atoms with E-state index in [4.69, 9.17) is 9.47 Å². The molecule has 0 aliphatic heterocycles. The third kappa shape index (κ3) is 3.96. The molecule has 1 aromatic heterocycles. The van der Waals surface area contributed by atoms with Gasteiger partial charge in [0.1, 0.15) is 17.9 Å². The zero-order valence-electron chi connectivity index (χ0n) is 17.0. The van der Waals surface area contributed by atoms with Crippen LogP contribution in [0, 0.1) is 5.82 Å². The number of hydrogen-bond acceptors (Lipinski definition) is 5. The number of aromatic nitrogens is 1. The van der Waals surface area contributed by atoms with Crippen molar-refractivity contribution in [3.8, 4) is 5.75 Å². The highest BCUT2D eigenvalue weighted by Gasteiger charge is 2.22. The van der Waals surface area contributed by atoms with E-state index in [9.17, 15) is 18.8 Å². The second kappa shape index (κ2) is 8.90. The zero-order chi connectivity index (χ0) is 21.8. The molecular formula is C23H22FNO5. The molecule has 7 heteroatoms. The fourth-order valence-corrected chi connectivity index (χ4v) is 3.52. The molecule has 1 aliphatic carbocycles. The van der Waals surface area contributed by atoms with Crippen LogP contribution in [0.5, 0.6) is 5.75 Å². The Balaban J connectivity index is 2.17. The molecule has 0 bridgehead atoms. The van der Waals surface area contributed by atoms with E-state index < -0.39 is 17.3 Å². The highest BCUT2D eigenvalue weighted by molar-refractivity contribution is 5.92. The van der Waals surface area contributed by atoms with Gasteiger partial charge in [-0.1, -0.05) is 18.2 Å². The Bertz CT molecular complexity index is 1220. The van der Waals surface area contributed by atoms with Crippen LogP contribution in [0.3, 0.4) is 0 Å². The molecule has 2 aromatic rings. The van der Waals surface area contributed by atoms with Crippen LogP contribution in [0.25, 0.3) is 12.2 Å². The summed E-state index contributed by atoms with van der Waals surface area (Å²) in [6.07, 6.45) is 7.16. The predicted octanol–water partition coefficient (Wildman–Crippen LogP) is 1.66. The van der Waals surface area contributed by atoms with Crippen molar-refractivity contribution in [1.82, 2.24) is 4.57 Å². The number of aldehydes is 1. The number of nitrogens with zero attached hydrogens (tertiary/aromatic N) is 1. The summed E-state index contributed by atoms with van der Waals surface area (Å²) in [4.78, 5) is 36.6. The standard InChI is InChI=1S/C23H22FNO5/c1-4-30-23(28)20-21(29-3)18-7-5-6-14(11-19(18)25(2)22(20)27)10-15-8-9-17(24)12-16(15)13-26/h6-9,11-13H,4-5,10H2,1-3H3. The van der Waals surface area contributed by atoms with Gasteiger partial charge in [0.15, 0.2) is 5.56 Å². The summed E-state index contributed by atoms with van der Waals surface area (Å²) in [5.41, 5.74) is 1.14. The molecule has 0 fully saturated rings. The van der Waals surface area contributed by atoms with E-state index in [2.05, 4.69) is 0 Å². The number of allylic oxidation sites excluding steroid dienone is 2. The van der Waals surface area contributed by atoms with Gasteiger partial charge in [-0.15, -0.1) is 0 Å². The van der Waals surface area contributed by atoms with Gasteiger partial charge in [-0.3, -0.25) is 9.59 Å². The van der Waals surface area contributed by atoms with E-state index in [1.165, 1.54) is 23.8 Å². The molecule has 0 saturated heterocycles. The summed E-state index contributed by atoms with van der Waals surface area (Å²) >= 11 is 0. The van der Waals surface area contributed by atoms with Gasteiger partial charge in [0.25, 0.3) is 5.56 Å². The van der Waals surface area contributed by atoms with Crippen LogP contribution in [0.15, 0.2) is 34.6 Å². The van der Waals surface area contributed by atoms with Crippen LogP contribution in [-0.4, -0.2) is 30.5 Å². The van der Waals surface area contributed by atoms with Gasteiger partial charge in [-0.05, 0) is 49.1 Å². The molecule has 1 aliphatic rings. The predicted molar refractivity (Wildman–Crippen MR) is 111 cm³/mol. The molecule has 6 nitrogen and oxygen atoms in total. The maximum absolute atomic E-state index is 13.4. The van der Waals surface area contributed by atoms with E-state index in [0.717, 1.165) is 5.57 Å². The van der Waals surface area contributed by atoms with Crippen molar-refractivity contribution in [3.05, 3.63) is 73.3 Å². The van der Waals surface area contributed by atoms with Gasteiger partial charge < -0.3 is 14.0 Å². The molecule has 156 valence electrons. The Morgan fingerprint density at radius 2 is 2.07 bits per heavy atom. The number of rotatable bonds is 6. The van der Waals surface area contributed by atoms with E-state index in [0.29, 0.717) is 35.3 Å². The Hall–Kier alpha value is -3.48. The quantitative estimate of drug-likeness (QED) is 0.534. The highest BCUT2D eigenvalue weighted by Crippen LogP contribution is 2.17. The van der Waals surface area contributed by atoms with Crippen molar-refractivity contribution < 1.29 is 23.5 Å². The lowest BCUT2D eigenvalue weighted by atomic mass is 9.99. The zero-order valence-corrected chi connectivity index (χ0v) is 17.0. The number of hydrogen-bond donors (Lipinski definition) is 0. The summed E-state index contributed by atoms with van der Waals surface area (Å²) in [5, 5.41) is 1.19. The molecule has 3 rings (SSSR count). The van der Waals surface area contributed by atoms with E-state index in [-0.39, 0.29) is 23.5 Å². The Kier molecular flexibility index (Phi) is 6.30. The Labute approximate surface area is 172 Å². The molecule has 0 atom stereocenters. The second-order valence-corrected chi connectivity index (χ2v) is 6.79. The molecule has 30 heavy (non-hydrogen) atoms. The fraction of sp³-hybridized carbons (Fsp3) is 0.261. The van der Waals surface area contributed by atoms with Crippen molar-refractivity contribution in [3.63, 3.8) is 0 Å². The number of carbonyl (C=O) groups is 2. The third-order valence-corrected chi connectivity index (χ3v) is 4.96. The molecule has 0 amide bonds. The van der Waals surface area contributed by atoms with Crippen LogP contribution in [0.2, 0.25) is 0 Å². The van der Waals surface area contributed by atoms with Crippen LogP contribution >= 0.6 is 0 Å². The molecule has 0 unspecified atom stereocenters. The number of benzene rings is 1. The lowest BCUT2D eigenvalue weighted by Gasteiger charge is -2.12. The largest absolute Gasteiger partial charge is 0.495 e. The lowest BCUT2D eigenvalue weighted by molar-refractivity contribution is 0.0519. The number of ether oxygens (including phenoxy) is 2. The number of halogens is 1. The van der Waals surface area contributed by atoms with Crippen LogP contribution in [0.4, 0.5) is 4.39 Å². The van der Waals surface area contributed by atoms with Crippen molar-refractivity contribution in [2.75, 3.05) is 13.7 Å². The van der Waals surface area contributed by atoms with Gasteiger partial charge in [-0.25, -0.2) is 9.18 Å². The van der Waals surface area contributed by atoms with Gasteiger partial charge >= 0.3 is 5.97 Å². The van der Waals surface area contributed by atoms with Crippen molar-refractivity contribution in [1.29, 1.82) is 0 Å². The topological polar surface area (TPSA) is 74.6 Å². The maximum Gasteiger partial charge on any atom is 0.347 e. The monoisotopic (exact) mass is 411 g/mol. The number of methoxy groups -OCH3 is 1. The Morgan fingerprint density at radius 3 is 2.73 bits per heavy atom. The highest BCUT2D eigenvalue weighted by atomic mass is 19.1. The van der Waals surface area contributed by atoms with Crippen molar-refractivity contribution >= 4 is 24.4 Å². The fourth-order valence-electron chi connectivity index (χ4n) is 3.52. The molecule has 0 radical (unpaired) electrons. The third-order valence-electron chi connectivity index (χ3n) is 4.96. The summed E-state index contributed by atoms with van der Waals surface area (Å²) in [6.45, 7) is 1.80. The smallest absolute Gasteiger partial charge is 0.347 e. The Morgan fingerprint density at radius 1 is 1.30 bits per heavy atom. The molecule has 1 heterocycles. The van der Waals surface area contributed by atoms with Crippen LogP contribution in [0.1, 0.15) is 39.6 Å². The van der Waals surface area contributed by atoms with E-state index in [1.807, 2.05) is 18.2 Å². The lowest BCUT2D eigenvalue weighted by Crippen LogP contribution is -2.45. The second-order valence-electron chi connectivity index (χ2n) is 6.79. The first kappa shape index (κ1) is 21.2. The van der Waals surface area contributed by atoms with Crippen molar-refractivity contribution in [2.24, 2.45) is 7.05 Å². The summed E-state index contributed by atoms with van der Waals surface area (Å²) < 4.78 is 25.3. The average molecular weight is 411 g/mol. The number of esters is 1. The summed E-state index contributed by atoms with van der Waals surface area (Å²) in [6, 6.07) is 4.08. The minimum absolute atomic E-state index is 0.139. The number of fused-ring (bicyclic) bond motifs is 1. The van der Waals surface area contributed by atoms with Crippen LogP contribution in [-0.2, 0) is 18.2 Å². The maximum atomic E-state index is 13.4. The van der Waals surface area contributed by atoms with Crippen LogP contribution < -0.4 is 20.9 Å².